The van der Waals surface area contributed by atoms with Crippen molar-refractivity contribution < 1.29 is 61.6 Å². The first-order valence-corrected chi connectivity index (χ1v) is 43.1. The molecule has 13 heteroatoms. The van der Waals surface area contributed by atoms with Gasteiger partial charge in [0.2, 0.25) is 0 Å². The van der Waals surface area contributed by atoms with Gasteiger partial charge in [0.05, 0.1) is 22.6 Å². The number of hydrogen-bond donors (Lipinski definition) is 0. The molecule has 5 aliphatic carbocycles. The lowest BCUT2D eigenvalue weighted by Crippen LogP contribution is -2.54. The summed E-state index contributed by atoms with van der Waals surface area (Å²) in [6.45, 7) is 53.7. The maximum Gasteiger partial charge on any atom is 0.380 e. The van der Waals surface area contributed by atoms with Crippen LogP contribution in [0.15, 0.2) is 273 Å². The van der Waals surface area contributed by atoms with Crippen LogP contribution in [0.25, 0.3) is 0 Å². The molecule has 122 heavy (non-hydrogen) atoms. The van der Waals surface area contributed by atoms with Crippen LogP contribution in [0.2, 0.25) is 0 Å². The lowest BCUT2D eigenvalue weighted by atomic mass is 9.49. The lowest BCUT2D eigenvalue weighted by Gasteiger charge is -2.56. The largest absolute Gasteiger partial charge is 0.457 e. The first-order valence-electron chi connectivity index (χ1n) is 46.1. The van der Waals surface area contributed by atoms with Crippen molar-refractivity contribution in [2.75, 3.05) is 4.90 Å². The molecule has 0 saturated carbocycles. The fourth-order valence-corrected chi connectivity index (χ4v) is 19.9. The van der Waals surface area contributed by atoms with Crippen molar-refractivity contribution in [1.29, 1.82) is 0 Å². The van der Waals surface area contributed by atoms with E-state index in [1.165, 1.54) is 97.0 Å². The molecule has 3 heterocycles. The highest BCUT2D eigenvalue weighted by atomic mass is 19.3. The molecular formula is C109H129F10NO2. The second kappa shape index (κ2) is 37.4. The van der Waals surface area contributed by atoms with Crippen molar-refractivity contribution in [3.63, 3.8) is 0 Å². The van der Waals surface area contributed by atoms with Crippen molar-refractivity contribution >= 4 is 17.1 Å². The van der Waals surface area contributed by atoms with Crippen LogP contribution in [0.5, 0.6) is 11.5 Å². The summed E-state index contributed by atoms with van der Waals surface area (Å²) >= 11 is 0. The van der Waals surface area contributed by atoms with Crippen molar-refractivity contribution in [2.24, 2.45) is 5.41 Å². The van der Waals surface area contributed by atoms with Gasteiger partial charge in [-0.1, -0.05) is 375 Å². The highest BCUT2D eigenvalue weighted by Crippen LogP contribution is 2.73. The topological polar surface area (TPSA) is 21.7 Å². The second-order valence-electron chi connectivity index (χ2n) is 33.1. The number of fused-ring (bicyclic) bond motifs is 14. The van der Waals surface area contributed by atoms with E-state index in [0.717, 1.165) is 49.6 Å². The summed E-state index contributed by atoms with van der Waals surface area (Å²) in [5.74, 6) is -20.0. The van der Waals surface area contributed by atoms with E-state index >= 15 is 0 Å². The van der Waals surface area contributed by atoms with Gasteiger partial charge in [-0.05, 0) is 153 Å². The summed E-state index contributed by atoms with van der Waals surface area (Å²) in [5.41, 5.74) is 10.8. The molecule has 0 saturated heterocycles. The van der Waals surface area contributed by atoms with Gasteiger partial charge in [-0.2, -0.15) is 26.3 Å². The van der Waals surface area contributed by atoms with Crippen LogP contribution in [-0.2, 0) is 84.9 Å². The third-order valence-electron chi connectivity index (χ3n) is 24.8. The Labute approximate surface area is 731 Å². The minimum absolute atomic E-state index is 0.0664. The molecule has 0 amide bonds. The van der Waals surface area contributed by atoms with Crippen LogP contribution < -0.4 is 9.64 Å². The van der Waals surface area contributed by atoms with Gasteiger partial charge in [0, 0.05) is 79.8 Å². The minimum atomic E-state index is -5.37. The molecule has 0 aromatic heterocycles. The lowest BCUT2D eigenvalue weighted by molar-refractivity contribution is -0.302. The van der Waals surface area contributed by atoms with Crippen molar-refractivity contribution in [2.45, 2.75) is 272 Å². The molecule has 0 unspecified atom stereocenters. The SMILES string of the molecule is CC.CC.CC.CC.CC.CC.CC1(C)C(F)(F)c2ccccc2C1(F)F.CC1(C)OC(C)(C)c2ccccc21.CC1(C)c2ccccc2C(C)(C)C12c1ccccc1N(c1ccccc1)c1ccccc12.CC1(C)c2ccccc2C(C)(C)C12c1ccccc1Oc1ccccc12.FC1(F)c2ccccc2C(F)(F)C1(F)F.[2H]C1([2H])c2ccccc2C([2H])([2H])C1([2H])[2H]. The average molecular weight is 1680 g/mol. The molecule has 0 atom stereocenters. The predicted molar refractivity (Wildman–Crippen MR) is 488 cm³/mol. The average Bonchev–Trinajstić information content (AvgIpc) is 1.52. The van der Waals surface area contributed by atoms with Gasteiger partial charge in [-0.3, -0.25) is 0 Å². The fraction of sp³-hybridized carbons (Fsp3) is 0.394. The van der Waals surface area contributed by atoms with Gasteiger partial charge >= 0.3 is 17.8 Å². The number of ether oxygens (including phenoxy) is 2. The zero-order chi connectivity index (χ0) is 96.4. The molecule has 2 spiro atoms. The number of nitrogens with zero attached hydrogens (tertiary/aromatic N) is 1. The van der Waals surface area contributed by atoms with Gasteiger partial charge in [-0.25, -0.2) is 17.6 Å². The first kappa shape index (κ1) is 88.6. The number of para-hydroxylation sites is 5. The number of alkyl halides is 10. The van der Waals surface area contributed by atoms with Crippen LogP contribution in [0.4, 0.5) is 61.0 Å². The summed E-state index contributed by atoms with van der Waals surface area (Å²) in [6.07, 6.45) is -7.11. The smallest absolute Gasteiger partial charge is 0.380 e. The Bertz CT molecular complexity index is 5140. The van der Waals surface area contributed by atoms with E-state index in [1.54, 1.807) is 12.1 Å². The summed E-state index contributed by atoms with van der Waals surface area (Å²) in [4.78, 5) is 2.45. The number of halogens is 10. The van der Waals surface area contributed by atoms with Crippen molar-refractivity contribution in [3.05, 3.63) is 362 Å². The van der Waals surface area contributed by atoms with Crippen LogP contribution >= 0.6 is 0 Å². The number of benzene rings is 11. The van der Waals surface area contributed by atoms with Crippen molar-refractivity contribution in [1.82, 2.24) is 0 Å². The molecule has 11 aromatic rings. The van der Waals surface area contributed by atoms with E-state index < -0.39 is 76.4 Å². The summed E-state index contributed by atoms with van der Waals surface area (Å²) < 4.78 is 191. The Balaban J connectivity index is 0.000000191. The molecule has 11 aromatic carbocycles. The van der Waals surface area contributed by atoms with E-state index in [4.69, 9.17) is 17.7 Å². The molecule has 3 aliphatic heterocycles. The predicted octanol–water partition coefficient (Wildman–Crippen LogP) is 33.3. The minimum Gasteiger partial charge on any atom is -0.457 e. The highest BCUT2D eigenvalue weighted by Gasteiger charge is 2.79. The van der Waals surface area contributed by atoms with Gasteiger partial charge < -0.3 is 14.4 Å². The van der Waals surface area contributed by atoms with Crippen LogP contribution in [-0.4, -0.2) is 5.92 Å². The zero-order valence-corrected chi connectivity index (χ0v) is 76.0. The summed E-state index contributed by atoms with van der Waals surface area (Å²) in [7, 11) is 0. The number of rotatable bonds is 1. The van der Waals surface area contributed by atoms with Crippen LogP contribution in [0.1, 0.15) is 284 Å². The quantitative estimate of drug-likeness (QED) is 0.153. The van der Waals surface area contributed by atoms with Crippen LogP contribution in [0, 0.1) is 5.41 Å². The Morgan fingerprint density at radius 2 is 0.484 bits per heavy atom. The normalized spacial score (nSPS) is 21.1. The van der Waals surface area contributed by atoms with Gasteiger partial charge in [0.25, 0.3) is 11.8 Å². The summed E-state index contributed by atoms with van der Waals surface area (Å²) in [6, 6.07) is 86.7. The number of anilines is 3. The van der Waals surface area contributed by atoms with Gasteiger partial charge in [-0.15, -0.1) is 0 Å². The van der Waals surface area contributed by atoms with E-state index in [-0.39, 0.29) is 54.8 Å². The van der Waals surface area contributed by atoms with Gasteiger partial charge in [0.1, 0.15) is 16.9 Å². The maximum absolute atomic E-state index is 13.7. The first-order chi connectivity index (χ1) is 60.0. The van der Waals surface area contributed by atoms with Gasteiger partial charge in [0.15, 0.2) is 0 Å². The molecule has 0 bridgehead atoms. The molecule has 0 fully saturated rings. The molecule has 0 N–H and O–H groups in total. The van der Waals surface area contributed by atoms with E-state index in [9.17, 15) is 43.9 Å². The Hall–Kier alpha value is -9.72. The molecule has 3 nitrogen and oxygen atoms in total. The standard InChI is InChI=1S/C31H29N.C25H24O.C12H16O.C11H10F4.C9H4F6.C9H10.6C2H6/c1-29(2)23-16-8-9-17-24(23)30(3,4)31(29)25-18-10-12-20-27(25)32(22-14-6-5-7-15-22)28-21-13-11-19-26(28)31;1-23(2)17-11-5-6-12-18(17)24(3,4)25(23)19-13-7-9-15-21(19)26-22-16-10-8-14-20(22)25;1-11(2)9-7-5-6-8-10(9)12(3,4)13-11;1-9(2)10(12,13)7-5-3-4-6-8(7)11(9,14)15;10-7(11)5-3-1-2-4-6(5)8(12,13)9(7,14)15;1-2-5-9-7-3-6-8(9)4-1;6*1-2/h5-21H,1-4H3;5-16H,1-4H3;5-8H,1-4H3;3-6H,1-2H3;1-4H;1-2,4-5H,3,6-7H2;6*1-2H3/i;;;;;3D2,6D2,7D2;;;;;;. The highest BCUT2D eigenvalue weighted by molar-refractivity contribution is 5.89. The number of aryl methyl sites for hydroxylation is 2. The molecule has 8 aliphatic rings. The Morgan fingerprint density at radius 3 is 0.795 bits per heavy atom. The van der Waals surface area contributed by atoms with E-state index in [1.807, 2.05) is 83.1 Å². The monoisotopic (exact) mass is 1680 g/mol. The van der Waals surface area contributed by atoms with Crippen LogP contribution in [0.3, 0.4) is 0 Å². The molecule has 652 valence electrons. The number of hydrogen-bond acceptors (Lipinski definition) is 3. The summed E-state index contributed by atoms with van der Waals surface area (Å²) in [5, 5.41) is 0. The fourth-order valence-electron chi connectivity index (χ4n) is 19.9. The second-order valence-corrected chi connectivity index (χ2v) is 33.1. The van der Waals surface area contributed by atoms with E-state index in [0.29, 0.717) is 12.1 Å². The Kier molecular flexibility index (Phi) is 27.1. The third kappa shape index (κ3) is 15.4. The molecular weight excluding hydrogens is 1550 g/mol. The maximum atomic E-state index is 13.7. The molecule has 19 rings (SSSR count). The molecule has 0 radical (unpaired) electrons. The zero-order valence-electron chi connectivity index (χ0n) is 82.0. The van der Waals surface area contributed by atoms with Crippen molar-refractivity contribution in [3.8, 4) is 11.5 Å². The third-order valence-corrected chi connectivity index (χ3v) is 24.8. The van der Waals surface area contributed by atoms with E-state index in [2.05, 4.69) is 288 Å². The Morgan fingerprint density at radius 1 is 0.254 bits per heavy atom.